The molecule has 2 aromatic carbocycles. The molecule has 1 N–H and O–H groups in total. The first kappa shape index (κ1) is 18.6. The van der Waals surface area contributed by atoms with Gasteiger partial charge in [-0.05, 0) is 49.1 Å². The number of carbonyl (C=O) groups is 1. The number of hydrogen-bond acceptors (Lipinski definition) is 3. The summed E-state index contributed by atoms with van der Waals surface area (Å²) in [5.74, 6) is -0.266. The van der Waals surface area contributed by atoms with Crippen LogP contribution in [0.4, 0.5) is 5.69 Å². The molecule has 1 unspecified atom stereocenters. The highest BCUT2D eigenvalue weighted by Gasteiger charge is 2.37. The van der Waals surface area contributed by atoms with Gasteiger partial charge in [0, 0.05) is 12.2 Å². The van der Waals surface area contributed by atoms with Crippen LogP contribution in [0.1, 0.15) is 31.7 Å². The summed E-state index contributed by atoms with van der Waals surface area (Å²) >= 11 is 0. The van der Waals surface area contributed by atoms with Gasteiger partial charge in [-0.25, -0.2) is 8.42 Å². The van der Waals surface area contributed by atoms with Crippen molar-refractivity contribution in [2.24, 2.45) is 0 Å². The average molecular weight is 372 g/mol. The molecule has 0 radical (unpaired) electrons. The molecule has 6 heteroatoms. The van der Waals surface area contributed by atoms with Crippen LogP contribution in [0.2, 0.25) is 0 Å². The van der Waals surface area contributed by atoms with Gasteiger partial charge in [0.15, 0.2) is 0 Å². The Balaban J connectivity index is 1.83. The first-order valence-electron chi connectivity index (χ1n) is 8.99. The quantitative estimate of drug-likeness (QED) is 0.874. The second kappa shape index (κ2) is 8.01. The van der Waals surface area contributed by atoms with E-state index >= 15 is 0 Å². The summed E-state index contributed by atoms with van der Waals surface area (Å²) < 4.78 is 27.4. The number of rotatable bonds is 5. The summed E-state index contributed by atoms with van der Waals surface area (Å²) in [5, 5.41) is 2.89. The molecule has 138 valence electrons. The van der Waals surface area contributed by atoms with Crippen LogP contribution in [0, 0.1) is 0 Å². The molecule has 1 fully saturated rings. The zero-order chi connectivity index (χ0) is 18.6. The van der Waals surface area contributed by atoms with E-state index in [4.69, 9.17) is 0 Å². The number of nitrogens with one attached hydrogen (secondary N) is 1. The van der Waals surface area contributed by atoms with Gasteiger partial charge in [0.2, 0.25) is 15.9 Å². The van der Waals surface area contributed by atoms with Crippen LogP contribution in [-0.4, -0.2) is 31.2 Å². The van der Waals surface area contributed by atoms with E-state index in [2.05, 4.69) is 12.2 Å². The Morgan fingerprint density at radius 3 is 2.62 bits per heavy atom. The van der Waals surface area contributed by atoms with Crippen molar-refractivity contribution < 1.29 is 13.2 Å². The van der Waals surface area contributed by atoms with Crippen molar-refractivity contribution in [3.63, 3.8) is 0 Å². The number of anilines is 1. The molecule has 3 rings (SSSR count). The Hall–Kier alpha value is -2.18. The molecule has 0 spiro atoms. The molecule has 2 aromatic rings. The highest BCUT2D eigenvalue weighted by atomic mass is 32.2. The fraction of sp³-hybridized carbons (Fsp3) is 0.350. The molecular weight excluding hydrogens is 348 g/mol. The molecule has 1 saturated heterocycles. The number of aryl methyl sites for hydroxylation is 1. The molecule has 0 aromatic heterocycles. The third-order valence-corrected chi connectivity index (χ3v) is 6.63. The van der Waals surface area contributed by atoms with Crippen LogP contribution in [0.25, 0.3) is 0 Å². The molecule has 0 bridgehead atoms. The molecule has 0 saturated carbocycles. The first-order valence-corrected chi connectivity index (χ1v) is 10.4. The summed E-state index contributed by atoms with van der Waals surface area (Å²) in [5.41, 5.74) is 1.83. The average Bonchev–Trinajstić information content (AvgIpc) is 2.68. The molecule has 1 aliphatic heterocycles. The number of nitrogens with zero attached hydrogens (tertiary/aromatic N) is 1. The van der Waals surface area contributed by atoms with E-state index in [-0.39, 0.29) is 10.8 Å². The van der Waals surface area contributed by atoms with E-state index in [1.54, 1.807) is 30.3 Å². The Morgan fingerprint density at radius 1 is 1.12 bits per heavy atom. The van der Waals surface area contributed by atoms with Gasteiger partial charge in [-0.2, -0.15) is 4.31 Å². The fourth-order valence-electron chi connectivity index (χ4n) is 3.28. The van der Waals surface area contributed by atoms with Crippen molar-refractivity contribution in [3.05, 3.63) is 60.2 Å². The summed E-state index contributed by atoms with van der Waals surface area (Å²) in [6, 6.07) is 15.3. The van der Waals surface area contributed by atoms with Gasteiger partial charge in [-0.1, -0.05) is 43.7 Å². The minimum absolute atomic E-state index is 0.229. The van der Waals surface area contributed by atoms with E-state index in [0.717, 1.165) is 24.8 Å². The second-order valence-electron chi connectivity index (χ2n) is 6.48. The number of hydrogen-bond donors (Lipinski definition) is 1. The van der Waals surface area contributed by atoms with Crippen LogP contribution in [0.15, 0.2) is 59.5 Å². The van der Waals surface area contributed by atoms with Gasteiger partial charge >= 0.3 is 0 Å². The lowest BCUT2D eigenvalue weighted by Crippen LogP contribution is -2.49. The number of piperidine rings is 1. The topological polar surface area (TPSA) is 66.5 Å². The molecule has 26 heavy (non-hydrogen) atoms. The smallest absolute Gasteiger partial charge is 0.243 e. The Labute approximate surface area is 155 Å². The third-order valence-electron chi connectivity index (χ3n) is 4.71. The van der Waals surface area contributed by atoms with Gasteiger partial charge in [0.25, 0.3) is 0 Å². The van der Waals surface area contributed by atoms with Gasteiger partial charge in [0.05, 0.1) is 4.90 Å². The number of carbonyl (C=O) groups excluding carboxylic acids is 1. The van der Waals surface area contributed by atoms with Crippen LogP contribution >= 0.6 is 0 Å². The summed E-state index contributed by atoms with van der Waals surface area (Å²) in [7, 11) is -3.69. The number of benzene rings is 2. The summed E-state index contributed by atoms with van der Waals surface area (Å²) in [6.07, 6.45) is 3.02. The zero-order valence-corrected chi connectivity index (χ0v) is 15.7. The lowest BCUT2D eigenvalue weighted by Gasteiger charge is -2.33. The fourth-order valence-corrected chi connectivity index (χ4v) is 4.95. The van der Waals surface area contributed by atoms with E-state index in [1.165, 1.54) is 4.31 Å². The maximum absolute atomic E-state index is 13.0. The van der Waals surface area contributed by atoms with Gasteiger partial charge in [-0.3, -0.25) is 4.79 Å². The van der Waals surface area contributed by atoms with Crippen LogP contribution < -0.4 is 5.32 Å². The Kier molecular flexibility index (Phi) is 5.74. The summed E-state index contributed by atoms with van der Waals surface area (Å²) in [4.78, 5) is 13.1. The van der Waals surface area contributed by atoms with Crippen LogP contribution in [0.3, 0.4) is 0 Å². The normalized spacial score (nSPS) is 18.4. The van der Waals surface area contributed by atoms with Crippen molar-refractivity contribution in [3.8, 4) is 0 Å². The maximum atomic E-state index is 13.0. The minimum Gasteiger partial charge on any atom is -0.325 e. The highest BCUT2D eigenvalue weighted by Crippen LogP contribution is 2.26. The largest absolute Gasteiger partial charge is 0.325 e. The van der Waals surface area contributed by atoms with E-state index in [1.807, 2.05) is 24.3 Å². The van der Waals surface area contributed by atoms with E-state index in [9.17, 15) is 13.2 Å². The van der Waals surface area contributed by atoms with Crippen molar-refractivity contribution in [2.75, 3.05) is 11.9 Å². The molecule has 1 atom stereocenters. The number of sulfonamides is 1. The predicted octanol–water partition coefficient (Wildman–Crippen LogP) is 3.43. The van der Waals surface area contributed by atoms with Gasteiger partial charge in [0.1, 0.15) is 6.04 Å². The Bertz CT molecular complexity index is 866. The van der Waals surface area contributed by atoms with Crippen LogP contribution in [-0.2, 0) is 21.2 Å². The lowest BCUT2D eigenvalue weighted by atomic mass is 10.0. The SMILES string of the molecule is CCc1cccc(NC(=O)C2CCCCN2S(=O)(=O)c2ccccc2)c1. The monoisotopic (exact) mass is 372 g/mol. The molecule has 1 heterocycles. The first-order chi connectivity index (χ1) is 12.5. The Morgan fingerprint density at radius 2 is 1.88 bits per heavy atom. The molecule has 0 aliphatic carbocycles. The van der Waals surface area contributed by atoms with Crippen molar-refractivity contribution in [1.29, 1.82) is 0 Å². The summed E-state index contributed by atoms with van der Waals surface area (Å²) in [6.45, 7) is 2.42. The minimum atomic E-state index is -3.69. The standard InChI is InChI=1S/C20H24N2O3S/c1-2-16-9-8-10-17(15-16)21-20(23)19-13-6-7-14-22(19)26(24,25)18-11-4-3-5-12-18/h3-5,8-12,15,19H,2,6-7,13-14H2,1H3,(H,21,23). The molecule has 5 nitrogen and oxygen atoms in total. The maximum Gasteiger partial charge on any atom is 0.243 e. The third kappa shape index (κ3) is 3.97. The van der Waals surface area contributed by atoms with Crippen molar-refractivity contribution in [2.45, 2.75) is 43.5 Å². The van der Waals surface area contributed by atoms with Crippen molar-refractivity contribution >= 4 is 21.6 Å². The zero-order valence-electron chi connectivity index (χ0n) is 14.9. The van der Waals surface area contributed by atoms with E-state index < -0.39 is 16.1 Å². The predicted molar refractivity (Wildman–Crippen MR) is 102 cm³/mol. The molecular formula is C20H24N2O3S. The molecule has 1 amide bonds. The second-order valence-corrected chi connectivity index (χ2v) is 8.37. The highest BCUT2D eigenvalue weighted by molar-refractivity contribution is 7.89. The molecule has 1 aliphatic rings. The van der Waals surface area contributed by atoms with Crippen LogP contribution in [0.5, 0.6) is 0 Å². The van der Waals surface area contributed by atoms with E-state index in [0.29, 0.717) is 18.7 Å². The van der Waals surface area contributed by atoms with Gasteiger partial charge < -0.3 is 5.32 Å². The van der Waals surface area contributed by atoms with Crippen molar-refractivity contribution in [1.82, 2.24) is 4.31 Å². The number of amides is 1. The van der Waals surface area contributed by atoms with Gasteiger partial charge in [-0.15, -0.1) is 0 Å². The lowest BCUT2D eigenvalue weighted by molar-refractivity contribution is -0.120.